The largest absolute Gasteiger partial charge is 0.294 e. The summed E-state index contributed by atoms with van der Waals surface area (Å²) < 4.78 is 0. The highest BCUT2D eigenvalue weighted by atomic mass is 35.5. The molecule has 130 valence electrons. The monoisotopic (exact) mass is 367 g/mol. The Hall–Kier alpha value is -3.12. The van der Waals surface area contributed by atoms with Crippen LogP contribution < -0.4 is 0 Å². The number of rotatable bonds is 4. The van der Waals surface area contributed by atoms with Crippen molar-refractivity contribution in [1.29, 1.82) is 0 Å². The zero-order valence-electron chi connectivity index (χ0n) is 14.1. The number of aromatic nitrogens is 2. The Balaban J connectivity index is 2.28. The molecule has 0 unspecified atom stereocenters. The van der Waals surface area contributed by atoms with Gasteiger partial charge in [0, 0.05) is 17.2 Å². The maximum absolute atomic E-state index is 12.2. The van der Waals surface area contributed by atoms with Gasteiger partial charge in [0.15, 0.2) is 11.6 Å². The van der Waals surface area contributed by atoms with Crippen LogP contribution in [0.5, 0.6) is 0 Å². The highest BCUT2D eigenvalue weighted by Gasteiger charge is 2.21. The molecule has 0 fully saturated rings. The van der Waals surface area contributed by atoms with E-state index >= 15 is 0 Å². The Morgan fingerprint density at radius 3 is 2.38 bits per heavy atom. The SMILES string of the molecule is CC(=O)c1c(C)nc(-c2ccccc2)nc1-c1ccc(Cl)c([N+](=O)[O-])c1. The van der Waals surface area contributed by atoms with Crippen LogP contribution in [0.25, 0.3) is 22.6 Å². The lowest BCUT2D eigenvalue weighted by Gasteiger charge is -2.12. The van der Waals surface area contributed by atoms with Crippen molar-refractivity contribution >= 4 is 23.1 Å². The lowest BCUT2D eigenvalue weighted by atomic mass is 10.0. The third-order valence-corrected chi connectivity index (χ3v) is 4.21. The molecule has 0 atom stereocenters. The molecule has 0 aliphatic carbocycles. The second kappa shape index (κ2) is 7.01. The predicted octanol–water partition coefficient (Wildman–Crippen LogP) is 4.88. The van der Waals surface area contributed by atoms with Gasteiger partial charge in [-0.1, -0.05) is 48.0 Å². The van der Waals surface area contributed by atoms with E-state index in [9.17, 15) is 14.9 Å². The standard InChI is InChI=1S/C19H14ClN3O3/c1-11-17(12(2)24)18(14-8-9-15(20)16(10-14)23(25)26)22-19(21-11)13-6-4-3-5-7-13/h3-10H,1-2H3. The summed E-state index contributed by atoms with van der Waals surface area (Å²) in [6.07, 6.45) is 0. The van der Waals surface area contributed by atoms with Crippen LogP contribution in [-0.2, 0) is 0 Å². The Morgan fingerprint density at radius 2 is 1.77 bits per heavy atom. The highest BCUT2D eigenvalue weighted by molar-refractivity contribution is 6.32. The van der Waals surface area contributed by atoms with Crippen LogP contribution in [0.2, 0.25) is 5.02 Å². The molecule has 0 aliphatic heterocycles. The summed E-state index contributed by atoms with van der Waals surface area (Å²) in [4.78, 5) is 31.8. The third kappa shape index (κ3) is 3.32. The molecule has 1 heterocycles. The van der Waals surface area contributed by atoms with Gasteiger partial charge in [0.05, 0.1) is 21.9 Å². The summed E-state index contributed by atoms with van der Waals surface area (Å²) in [5.41, 5.74) is 2.18. The number of nitro groups is 1. The number of hydrogen-bond donors (Lipinski definition) is 0. The summed E-state index contributed by atoms with van der Waals surface area (Å²) in [6.45, 7) is 3.14. The van der Waals surface area contributed by atoms with Gasteiger partial charge in [0.2, 0.25) is 0 Å². The summed E-state index contributed by atoms with van der Waals surface area (Å²) >= 11 is 5.90. The fourth-order valence-electron chi connectivity index (χ4n) is 2.72. The van der Waals surface area contributed by atoms with Crippen molar-refractivity contribution in [3.8, 4) is 22.6 Å². The van der Waals surface area contributed by atoms with Crippen molar-refractivity contribution in [2.75, 3.05) is 0 Å². The minimum Gasteiger partial charge on any atom is -0.294 e. The van der Waals surface area contributed by atoms with Gasteiger partial charge in [-0.25, -0.2) is 9.97 Å². The van der Waals surface area contributed by atoms with E-state index in [4.69, 9.17) is 11.6 Å². The van der Waals surface area contributed by atoms with Crippen LogP contribution in [0.15, 0.2) is 48.5 Å². The van der Waals surface area contributed by atoms with E-state index in [1.807, 2.05) is 30.3 Å². The zero-order valence-corrected chi connectivity index (χ0v) is 14.8. The Bertz CT molecular complexity index is 1020. The second-order valence-electron chi connectivity index (χ2n) is 5.70. The third-order valence-electron chi connectivity index (χ3n) is 3.89. The van der Waals surface area contributed by atoms with E-state index in [2.05, 4.69) is 9.97 Å². The molecule has 0 amide bonds. The molecule has 1 aromatic heterocycles. The van der Waals surface area contributed by atoms with Crippen LogP contribution in [-0.4, -0.2) is 20.7 Å². The topological polar surface area (TPSA) is 86.0 Å². The number of carbonyl (C=O) groups excluding carboxylic acids is 1. The number of carbonyl (C=O) groups is 1. The average Bonchev–Trinajstić information content (AvgIpc) is 2.61. The number of nitro benzene ring substituents is 1. The molecule has 0 radical (unpaired) electrons. The van der Waals surface area contributed by atoms with E-state index in [0.717, 1.165) is 5.56 Å². The van der Waals surface area contributed by atoms with Crippen molar-refractivity contribution in [3.05, 3.63) is 74.9 Å². The van der Waals surface area contributed by atoms with Crippen molar-refractivity contribution in [3.63, 3.8) is 0 Å². The minimum atomic E-state index is -0.564. The first-order valence-corrected chi connectivity index (χ1v) is 8.15. The summed E-state index contributed by atoms with van der Waals surface area (Å²) in [5, 5.41) is 11.2. The van der Waals surface area contributed by atoms with Crippen molar-refractivity contribution in [2.45, 2.75) is 13.8 Å². The van der Waals surface area contributed by atoms with Gasteiger partial charge >= 0.3 is 0 Å². The van der Waals surface area contributed by atoms with Crippen molar-refractivity contribution in [1.82, 2.24) is 9.97 Å². The highest BCUT2D eigenvalue weighted by Crippen LogP contribution is 2.33. The van der Waals surface area contributed by atoms with E-state index in [-0.39, 0.29) is 16.5 Å². The van der Waals surface area contributed by atoms with Crippen LogP contribution in [0, 0.1) is 17.0 Å². The molecule has 0 aliphatic rings. The fourth-order valence-corrected chi connectivity index (χ4v) is 2.91. The van der Waals surface area contributed by atoms with Gasteiger partial charge in [-0.3, -0.25) is 14.9 Å². The molecular weight excluding hydrogens is 354 g/mol. The molecule has 2 aromatic carbocycles. The maximum Gasteiger partial charge on any atom is 0.288 e. The smallest absolute Gasteiger partial charge is 0.288 e. The van der Waals surface area contributed by atoms with Gasteiger partial charge < -0.3 is 0 Å². The predicted molar refractivity (Wildman–Crippen MR) is 99.3 cm³/mol. The van der Waals surface area contributed by atoms with Gasteiger partial charge in [-0.2, -0.15) is 0 Å². The van der Waals surface area contributed by atoms with Gasteiger partial charge in [-0.05, 0) is 19.9 Å². The summed E-state index contributed by atoms with van der Waals surface area (Å²) in [5.74, 6) is 0.232. The molecule has 6 nitrogen and oxygen atoms in total. The maximum atomic E-state index is 12.2. The zero-order chi connectivity index (χ0) is 18.8. The number of benzene rings is 2. The molecule has 0 bridgehead atoms. The number of hydrogen-bond acceptors (Lipinski definition) is 5. The first-order chi connectivity index (χ1) is 12.4. The molecule has 7 heteroatoms. The van der Waals surface area contributed by atoms with E-state index in [1.54, 1.807) is 13.0 Å². The van der Waals surface area contributed by atoms with Gasteiger partial charge in [-0.15, -0.1) is 0 Å². The van der Waals surface area contributed by atoms with Crippen LogP contribution >= 0.6 is 11.6 Å². The molecule has 0 saturated carbocycles. The van der Waals surface area contributed by atoms with E-state index < -0.39 is 4.92 Å². The first-order valence-electron chi connectivity index (χ1n) is 7.78. The molecule has 26 heavy (non-hydrogen) atoms. The molecule has 0 N–H and O–H groups in total. The van der Waals surface area contributed by atoms with Crippen LogP contribution in [0.4, 0.5) is 5.69 Å². The molecule has 0 saturated heterocycles. The summed E-state index contributed by atoms with van der Waals surface area (Å²) in [6, 6.07) is 13.7. The van der Waals surface area contributed by atoms with E-state index in [0.29, 0.717) is 28.3 Å². The van der Waals surface area contributed by atoms with Gasteiger partial charge in [0.25, 0.3) is 5.69 Å². The number of Topliss-reactive ketones (excluding diaryl/α,β-unsaturated/α-hetero) is 1. The number of ketones is 1. The van der Waals surface area contributed by atoms with Crippen LogP contribution in [0.3, 0.4) is 0 Å². The minimum absolute atomic E-state index is 0.0252. The fraction of sp³-hybridized carbons (Fsp3) is 0.105. The average molecular weight is 368 g/mol. The molecular formula is C19H14ClN3O3. The molecule has 0 spiro atoms. The molecule has 3 rings (SSSR count). The first kappa shape index (κ1) is 17.7. The van der Waals surface area contributed by atoms with Crippen molar-refractivity contribution in [2.24, 2.45) is 0 Å². The van der Waals surface area contributed by atoms with Crippen molar-refractivity contribution < 1.29 is 9.72 Å². The van der Waals surface area contributed by atoms with Gasteiger partial charge in [0.1, 0.15) is 5.02 Å². The molecule has 3 aromatic rings. The Morgan fingerprint density at radius 1 is 1.08 bits per heavy atom. The van der Waals surface area contributed by atoms with Crippen LogP contribution in [0.1, 0.15) is 23.0 Å². The quantitative estimate of drug-likeness (QED) is 0.372. The number of halogens is 1. The number of nitrogens with zero attached hydrogens (tertiary/aromatic N) is 3. The lowest BCUT2D eigenvalue weighted by molar-refractivity contribution is -0.384. The summed E-state index contributed by atoms with van der Waals surface area (Å²) in [7, 11) is 0. The second-order valence-corrected chi connectivity index (χ2v) is 6.11. The lowest BCUT2D eigenvalue weighted by Crippen LogP contribution is -2.07. The Kier molecular flexibility index (Phi) is 4.77. The van der Waals surface area contributed by atoms with E-state index in [1.165, 1.54) is 19.1 Å². The Labute approximate surface area is 154 Å². The normalized spacial score (nSPS) is 10.6. The number of aryl methyl sites for hydroxylation is 1.